The fraction of sp³-hybridized carbons (Fsp3) is 0.0952. The van der Waals surface area contributed by atoms with Crippen molar-refractivity contribution in [2.24, 2.45) is 0 Å². The minimum Gasteiger partial charge on any atom is -0.322 e. The highest BCUT2D eigenvalue weighted by atomic mass is 35.5. The molecular formula is C21H18ClFN2O3S. The molecule has 5 nitrogen and oxygen atoms in total. The fourth-order valence-electron chi connectivity index (χ4n) is 2.65. The number of hydrogen-bond acceptors (Lipinski definition) is 3. The summed E-state index contributed by atoms with van der Waals surface area (Å²) in [4.78, 5) is 12.6. The molecule has 0 saturated carbocycles. The largest absolute Gasteiger partial charge is 0.322 e. The second-order valence-electron chi connectivity index (χ2n) is 6.35. The van der Waals surface area contributed by atoms with E-state index < -0.39 is 15.8 Å². The predicted octanol–water partition coefficient (Wildman–Crippen LogP) is 4.55. The summed E-state index contributed by atoms with van der Waals surface area (Å²) in [5.74, 6) is -0.951. The van der Waals surface area contributed by atoms with Gasteiger partial charge >= 0.3 is 0 Å². The molecular weight excluding hydrogens is 415 g/mol. The van der Waals surface area contributed by atoms with Crippen LogP contribution in [0.3, 0.4) is 0 Å². The van der Waals surface area contributed by atoms with Gasteiger partial charge < -0.3 is 5.32 Å². The molecule has 0 saturated heterocycles. The van der Waals surface area contributed by atoms with Gasteiger partial charge in [0.2, 0.25) is 10.0 Å². The van der Waals surface area contributed by atoms with Crippen LogP contribution in [0.1, 0.15) is 15.9 Å². The van der Waals surface area contributed by atoms with E-state index in [9.17, 15) is 17.6 Å². The topological polar surface area (TPSA) is 66.5 Å². The van der Waals surface area contributed by atoms with Crippen LogP contribution in [0.25, 0.3) is 0 Å². The minimum atomic E-state index is -3.60. The van der Waals surface area contributed by atoms with E-state index in [1.165, 1.54) is 29.6 Å². The predicted molar refractivity (Wildman–Crippen MR) is 111 cm³/mol. The lowest BCUT2D eigenvalue weighted by Crippen LogP contribution is -2.26. The molecule has 0 aromatic heterocycles. The number of nitrogens with zero attached hydrogens (tertiary/aromatic N) is 1. The van der Waals surface area contributed by atoms with Crippen molar-refractivity contribution in [3.05, 3.63) is 94.8 Å². The molecule has 0 spiro atoms. The van der Waals surface area contributed by atoms with Gasteiger partial charge in [0.1, 0.15) is 5.82 Å². The second-order valence-corrected chi connectivity index (χ2v) is 8.81. The van der Waals surface area contributed by atoms with Crippen molar-refractivity contribution >= 4 is 33.2 Å². The highest BCUT2D eigenvalue weighted by Crippen LogP contribution is 2.20. The number of halogens is 2. The molecule has 0 aliphatic heterocycles. The van der Waals surface area contributed by atoms with Crippen molar-refractivity contribution in [1.82, 2.24) is 4.31 Å². The summed E-state index contributed by atoms with van der Waals surface area (Å²) in [6, 6.07) is 18.6. The van der Waals surface area contributed by atoms with E-state index in [-0.39, 0.29) is 22.4 Å². The number of benzene rings is 3. The molecule has 3 aromatic carbocycles. The van der Waals surface area contributed by atoms with Crippen LogP contribution >= 0.6 is 11.6 Å². The normalized spacial score (nSPS) is 11.4. The van der Waals surface area contributed by atoms with Crippen molar-refractivity contribution < 1.29 is 17.6 Å². The number of sulfonamides is 1. The third kappa shape index (κ3) is 5.00. The first-order chi connectivity index (χ1) is 13.8. The van der Waals surface area contributed by atoms with Crippen molar-refractivity contribution in [2.45, 2.75) is 11.4 Å². The summed E-state index contributed by atoms with van der Waals surface area (Å²) in [7, 11) is -2.10. The molecule has 0 atom stereocenters. The van der Waals surface area contributed by atoms with E-state index >= 15 is 0 Å². The zero-order valence-corrected chi connectivity index (χ0v) is 17.0. The first kappa shape index (κ1) is 21.0. The van der Waals surface area contributed by atoms with Crippen LogP contribution in [0.4, 0.5) is 10.1 Å². The van der Waals surface area contributed by atoms with Gasteiger partial charge in [0.15, 0.2) is 0 Å². The standard InChI is InChI=1S/C21H18ClFN2O3S/c1-25(29(27,28)18-5-3-2-4-6-18)14-15-7-9-16(10-8-15)21(26)24-17-11-12-20(23)19(22)13-17/h2-13H,14H2,1H3,(H,24,26). The average Bonchev–Trinajstić information content (AvgIpc) is 2.72. The lowest BCUT2D eigenvalue weighted by Gasteiger charge is -2.17. The maximum Gasteiger partial charge on any atom is 0.255 e. The summed E-state index contributed by atoms with van der Waals surface area (Å²) in [5.41, 5.74) is 1.48. The average molecular weight is 433 g/mol. The maximum absolute atomic E-state index is 13.2. The number of amides is 1. The van der Waals surface area contributed by atoms with E-state index in [2.05, 4.69) is 5.32 Å². The number of carbonyl (C=O) groups is 1. The molecule has 0 aliphatic carbocycles. The van der Waals surface area contributed by atoms with Crippen LogP contribution < -0.4 is 5.32 Å². The Labute approximate surface area is 173 Å². The Morgan fingerprint density at radius 2 is 1.69 bits per heavy atom. The van der Waals surface area contributed by atoms with Gasteiger partial charge in [0, 0.05) is 24.8 Å². The van der Waals surface area contributed by atoms with Crippen LogP contribution in [-0.2, 0) is 16.6 Å². The monoisotopic (exact) mass is 432 g/mol. The number of rotatable bonds is 6. The van der Waals surface area contributed by atoms with Gasteiger partial charge in [-0.25, -0.2) is 12.8 Å². The van der Waals surface area contributed by atoms with E-state index in [0.29, 0.717) is 11.3 Å². The Bertz CT molecular complexity index is 1120. The van der Waals surface area contributed by atoms with Gasteiger partial charge in [-0.3, -0.25) is 4.79 Å². The zero-order chi connectivity index (χ0) is 21.0. The number of nitrogens with one attached hydrogen (secondary N) is 1. The minimum absolute atomic E-state index is 0.0826. The van der Waals surface area contributed by atoms with Gasteiger partial charge in [-0.2, -0.15) is 4.31 Å². The molecule has 0 unspecified atom stereocenters. The number of hydrogen-bond donors (Lipinski definition) is 1. The summed E-state index contributed by atoms with van der Waals surface area (Å²) in [6.45, 7) is 0.159. The number of carbonyl (C=O) groups excluding carboxylic acids is 1. The highest BCUT2D eigenvalue weighted by Gasteiger charge is 2.20. The van der Waals surface area contributed by atoms with Crippen LogP contribution in [0.15, 0.2) is 77.7 Å². The lowest BCUT2D eigenvalue weighted by atomic mass is 10.1. The second kappa shape index (κ2) is 8.73. The molecule has 1 N–H and O–H groups in total. The molecule has 0 heterocycles. The molecule has 150 valence electrons. The molecule has 1 amide bonds. The van der Waals surface area contributed by atoms with Crippen molar-refractivity contribution in [1.29, 1.82) is 0 Å². The Morgan fingerprint density at radius 3 is 2.31 bits per heavy atom. The molecule has 0 radical (unpaired) electrons. The van der Waals surface area contributed by atoms with Crippen LogP contribution in [0.2, 0.25) is 5.02 Å². The van der Waals surface area contributed by atoms with E-state index in [4.69, 9.17) is 11.6 Å². The lowest BCUT2D eigenvalue weighted by molar-refractivity contribution is 0.102. The van der Waals surface area contributed by atoms with Crippen molar-refractivity contribution in [2.75, 3.05) is 12.4 Å². The van der Waals surface area contributed by atoms with Crippen molar-refractivity contribution in [3.63, 3.8) is 0 Å². The van der Waals surface area contributed by atoms with Crippen molar-refractivity contribution in [3.8, 4) is 0 Å². The van der Waals surface area contributed by atoms with Gasteiger partial charge in [-0.15, -0.1) is 0 Å². The van der Waals surface area contributed by atoms with E-state index in [0.717, 1.165) is 5.56 Å². The Morgan fingerprint density at radius 1 is 1.03 bits per heavy atom. The van der Waals surface area contributed by atoms with Crippen LogP contribution in [-0.4, -0.2) is 25.7 Å². The van der Waals surface area contributed by atoms with Gasteiger partial charge in [-0.05, 0) is 48.0 Å². The summed E-state index contributed by atoms with van der Waals surface area (Å²) in [6.07, 6.45) is 0. The first-order valence-electron chi connectivity index (χ1n) is 8.64. The Kier molecular flexibility index (Phi) is 6.32. The Hall–Kier alpha value is -2.74. The van der Waals surface area contributed by atoms with Crippen LogP contribution in [0.5, 0.6) is 0 Å². The third-order valence-electron chi connectivity index (χ3n) is 4.25. The first-order valence-corrected chi connectivity index (χ1v) is 10.5. The van der Waals surface area contributed by atoms with Crippen LogP contribution in [0, 0.1) is 5.82 Å². The van der Waals surface area contributed by atoms with E-state index in [1.807, 2.05) is 0 Å². The molecule has 0 fully saturated rings. The molecule has 3 rings (SSSR count). The summed E-state index contributed by atoms with van der Waals surface area (Å²) in [5, 5.41) is 2.55. The quantitative estimate of drug-likeness (QED) is 0.621. The SMILES string of the molecule is CN(Cc1ccc(C(=O)Nc2ccc(F)c(Cl)c2)cc1)S(=O)(=O)c1ccccc1. The van der Waals surface area contributed by atoms with Gasteiger partial charge in [-0.1, -0.05) is 41.9 Å². The number of anilines is 1. The third-order valence-corrected chi connectivity index (χ3v) is 6.36. The Balaban J connectivity index is 1.68. The molecule has 29 heavy (non-hydrogen) atoms. The summed E-state index contributed by atoms with van der Waals surface area (Å²) < 4.78 is 39.6. The zero-order valence-electron chi connectivity index (χ0n) is 15.5. The van der Waals surface area contributed by atoms with Gasteiger partial charge in [0.25, 0.3) is 5.91 Å². The van der Waals surface area contributed by atoms with Gasteiger partial charge in [0.05, 0.1) is 9.92 Å². The van der Waals surface area contributed by atoms with E-state index in [1.54, 1.807) is 54.6 Å². The molecule has 3 aromatic rings. The molecule has 8 heteroatoms. The molecule has 0 aliphatic rings. The molecule has 0 bridgehead atoms. The summed E-state index contributed by atoms with van der Waals surface area (Å²) >= 11 is 5.71. The smallest absolute Gasteiger partial charge is 0.255 e. The highest BCUT2D eigenvalue weighted by molar-refractivity contribution is 7.89. The fourth-order valence-corrected chi connectivity index (χ4v) is 4.01. The maximum atomic E-state index is 13.2.